The smallest absolute Gasteiger partial charge is 0.456 e. The molecule has 0 aliphatic rings. The van der Waals surface area contributed by atoms with Gasteiger partial charge < -0.3 is 19.4 Å². The van der Waals surface area contributed by atoms with Gasteiger partial charge in [-0.15, -0.1) is 0 Å². The van der Waals surface area contributed by atoms with Gasteiger partial charge in [0.25, 0.3) is 0 Å². The Morgan fingerprint density at radius 3 is 1.24 bits per heavy atom. The number of carbonyl (C=O) groups excluding carboxylic acids is 2. The lowest BCUT2D eigenvalue weighted by Gasteiger charge is -2.27. The van der Waals surface area contributed by atoms with Crippen LogP contribution >= 0.6 is 7.82 Å². The standard InChI is InChI=1S/C69H127N2O7P/c1-7-10-13-16-19-22-25-28-30-32-33-34-35-36-37-38-39-40-42-44-47-50-53-56-59-62-69(73)78-67(60-57-54-51-48-45-27-24-21-18-15-12-9-3)66(65-77-79(74,75)76-64-63-71(4,5)6)70-68(72)61-58-55-52-49-46-43-41-31-29-26-23-20-17-14-11-8-2/h11,14,19-20,22-23,28-31,57,60,66-67H,7-10,12-13,15-18,21,24-27,32-56,58-59,61-65H2,1-6H3,(H-,70,72,74,75)/p+1/b14-11+,22-19-,23-20+,30-28-,31-29+,60-57-. The number of phosphoric acid groups is 1. The zero-order valence-electron chi connectivity index (χ0n) is 52.6. The molecule has 0 rings (SSSR count). The summed E-state index contributed by atoms with van der Waals surface area (Å²) >= 11 is 0. The number of phosphoric ester groups is 1. The van der Waals surface area contributed by atoms with Crippen molar-refractivity contribution in [3.05, 3.63) is 72.9 Å². The molecule has 0 aliphatic heterocycles. The monoisotopic (exact) mass is 1130 g/mol. The molecule has 79 heavy (non-hydrogen) atoms. The lowest BCUT2D eigenvalue weighted by atomic mass is 10.0. The van der Waals surface area contributed by atoms with Gasteiger partial charge in [0.05, 0.1) is 33.8 Å². The van der Waals surface area contributed by atoms with Crippen LogP contribution in [0, 0.1) is 0 Å². The fourth-order valence-electron chi connectivity index (χ4n) is 9.52. The van der Waals surface area contributed by atoms with E-state index in [4.69, 9.17) is 13.8 Å². The van der Waals surface area contributed by atoms with Gasteiger partial charge in [-0.25, -0.2) is 4.57 Å². The van der Waals surface area contributed by atoms with Crippen LogP contribution in [0.15, 0.2) is 72.9 Å². The highest BCUT2D eigenvalue weighted by atomic mass is 31.2. The van der Waals surface area contributed by atoms with E-state index in [1.807, 2.05) is 33.3 Å². The Morgan fingerprint density at radius 1 is 0.456 bits per heavy atom. The summed E-state index contributed by atoms with van der Waals surface area (Å²) in [6.07, 6.45) is 76.2. The molecule has 460 valence electrons. The van der Waals surface area contributed by atoms with Crippen LogP contribution in [0.25, 0.3) is 0 Å². The third-order valence-corrected chi connectivity index (χ3v) is 15.6. The van der Waals surface area contributed by atoms with Gasteiger partial charge in [-0.2, -0.15) is 0 Å². The van der Waals surface area contributed by atoms with E-state index in [2.05, 4.69) is 86.8 Å². The second kappa shape index (κ2) is 58.6. The van der Waals surface area contributed by atoms with Crippen LogP contribution < -0.4 is 5.32 Å². The maximum absolute atomic E-state index is 13.6. The van der Waals surface area contributed by atoms with Crippen LogP contribution in [-0.4, -0.2) is 74.3 Å². The molecule has 0 radical (unpaired) electrons. The van der Waals surface area contributed by atoms with E-state index >= 15 is 0 Å². The third kappa shape index (κ3) is 59.9. The number of esters is 1. The van der Waals surface area contributed by atoms with E-state index in [1.165, 1.54) is 173 Å². The van der Waals surface area contributed by atoms with Crippen LogP contribution in [0.3, 0.4) is 0 Å². The summed E-state index contributed by atoms with van der Waals surface area (Å²) in [4.78, 5) is 37.8. The van der Waals surface area contributed by atoms with Gasteiger partial charge in [0.1, 0.15) is 19.3 Å². The Morgan fingerprint density at radius 2 is 0.810 bits per heavy atom. The summed E-state index contributed by atoms with van der Waals surface area (Å²) in [5.74, 6) is -0.514. The molecule has 0 saturated carbocycles. The molecule has 10 heteroatoms. The number of carbonyl (C=O) groups is 2. The first kappa shape index (κ1) is 76.5. The molecule has 0 aromatic rings. The predicted octanol–water partition coefficient (Wildman–Crippen LogP) is 20.8. The van der Waals surface area contributed by atoms with Crippen LogP contribution in [0.1, 0.15) is 303 Å². The van der Waals surface area contributed by atoms with E-state index in [9.17, 15) is 19.0 Å². The van der Waals surface area contributed by atoms with E-state index < -0.39 is 20.0 Å². The van der Waals surface area contributed by atoms with Crippen molar-refractivity contribution in [2.45, 2.75) is 315 Å². The van der Waals surface area contributed by atoms with Gasteiger partial charge in [-0.05, 0) is 96.0 Å². The number of rotatable bonds is 60. The number of likely N-dealkylation sites (N-methyl/N-ethyl adjacent to an activating group) is 1. The molecule has 0 fully saturated rings. The normalized spacial score (nSPS) is 14.1. The Bertz CT molecular complexity index is 1580. The largest absolute Gasteiger partial charge is 0.472 e. The molecular weight excluding hydrogens is 1000 g/mol. The van der Waals surface area contributed by atoms with E-state index in [1.54, 1.807) is 0 Å². The average Bonchev–Trinajstić information content (AvgIpc) is 3.41. The number of nitrogens with one attached hydrogen (secondary N) is 1. The van der Waals surface area contributed by atoms with Gasteiger partial charge in [0.15, 0.2) is 0 Å². The summed E-state index contributed by atoms with van der Waals surface area (Å²) in [5, 5.41) is 3.06. The zero-order chi connectivity index (χ0) is 57.9. The minimum Gasteiger partial charge on any atom is -0.456 e. The Balaban J connectivity index is 5.09. The second-order valence-electron chi connectivity index (χ2n) is 23.6. The van der Waals surface area contributed by atoms with Crippen LogP contribution in [0.4, 0.5) is 0 Å². The van der Waals surface area contributed by atoms with Crippen LogP contribution in [-0.2, 0) is 27.9 Å². The van der Waals surface area contributed by atoms with Crippen molar-refractivity contribution in [1.29, 1.82) is 0 Å². The fourth-order valence-corrected chi connectivity index (χ4v) is 10.3. The van der Waals surface area contributed by atoms with Crippen molar-refractivity contribution < 1.29 is 37.3 Å². The zero-order valence-corrected chi connectivity index (χ0v) is 53.5. The molecule has 0 bridgehead atoms. The summed E-state index contributed by atoms with van der Waals surface area (Å²) in [7, 11) is 1.49. The molecule has 0 heterocycles. The summed E-state index contributed by atoms with van der Waals surface area (Å²) < 4.78 is 30.7. The van der Waals surface area contributed by atoms with E-state index in [-0.39, 0.29) is 31.5 Å². The Kier molecular flexibility index (Phi) is 56.7. The lowest BCUT2D eigenvalue weighted by Crippen LogP contribution is -2.47. The summed E-state index contributed by atoms with van der Waals surface area (Å²) in [5.41, 5.74) is 0. The highest BCUT2D eigenvalue weighted by molar-refractivity contribution is 7.47. The van der Waals surface area contributed by atoms with Gasteiger partial charge in [0, 0.05) is 12.8 Å². The molecule has 0 aliphatic carbocycles. The molecule has 3 unspecified atom stereocenters. The second-order valence-corrected chi connectivity index (χ2v) is 25.1. The summed E-state index contributed by atoms with van der Waals surface area (Å²) in [6.45, 7) is 6.89. The van der Waals surface area contributed by atoms with Gasteiger partial charge >= 0.3 is 13.8 Å². The molecule has 3 atom stereocenters. The molecule has 0 saturated heterocycles. The molecule has 9 nitrogen and oxygen atoms in total. The average molecular weight is 1130 g/mol. The minimum atomic E-state index is -4.46. The molecule has 0 spiro atoms. The highest BCUT2D eigenvalue weighted by Crippen LogP contribution is 2.43. The predicted molar refractivity (Wildman–Crippen MR) is 341 cm³/mol. The number of amides is 1. The number of nitrogens with zero attached hydrogens (tertiary/aromatic N) is 1. The van der Waals surface area contributed by atoms with Crippen LogP contribution in [0.2, 0.25) is 0 Å². The number of hydrogen-bond donors (Lipinski definition) is 2. The molecule has 0 aromatic heterocycles. The molecular formula is C69H128N2O7P+. The molecule has 1 amide bonds. The van der Waals surface area contributed by atoms with Crippen molar-refractivity contribution in [3.63, 3.8) is 0 Å². The summed E-state index contributed by atoms with van der Waals surface area (Å²) in [6, 6.07) is -0.857. The number of quaternary nitrogens is 1. The fraction of sp³-hybridized carbons (Fsp3) is 0.797. The van der Waals surface area contributed by atoms with Gasteiger partial charge in [-0.3, -0.25) is 18.6 Å². The number of allylic oxidation sites excluding steroid dienone is 11. The quantitative estimate of drug-likeness (QED) is 0.0205. The molecule has 2 N–H and O–H groups in total. The molecule has 0 aromatic carbocycles. The third-order valence-electron chi connectivity index (χ3n) is 14.6. The van der Waals surface area contributed by atoms with Crippen molar-refractivity contribution in [3.8, 4) is 0 Å². The highest BCUT2D eigenvalue weighted by Gasteiger charge is 2.30. The Labute approximate surface area is 489 Å². The minimum absolute atomic E-state index is 0.0361. The number of hydrogen-bond acceptors (Lipinski definition) is 6. The van der Waals surface area contributed by atoms with Crippen LogP contribution in [0.5, 0.6) is 0 Å². The Hall–Kier alpha value is -2.55. The van der Waals surface area contributed by atoms with E-state index in [0.29, 0.717) is 17.4 Å². The first-order chi connectivity index (χ1) is 38.4. The van der Waals surface area contributed by atoms with Gasteiger partial charge in [0.2, 0.25) is 5.91 Å². The lowest BCUT2D eigenvalue weighted by molar-refractivity contribution is -0.870. The van der Waals surface area contributed by atoms with Crippen molar-refractivity contribution >= 4 is 19.7 Å². The van der Waals surface area contributed by atoms with Crippen molar-refractivity contribution in [2.24, 2.45) is 0 Å². The topological polar surface area (TPSA) is 111 Å². The first-order valence-corrected chi connectivity index (χ1v) is 34.8. The van der Waals surface area contributed by atoms with Crippen molar-refractivity contribution in [1.82, 2.24) is 5.32 Å². The maximum Gasteiger partial charge on any atom is 0.472 e. The number of ether oxygens (including phenoxy) is 1. The van der Waals surface area contributed by atoms with E-state index in [0.717, 1.165) is 96.3 Å². The van der Waals surface area contributed by atoms with Gasteiger partial charge in [-0.1, -0.05) is 267 Å². The number of unbranched alkanes of at least 4 members (excludes halogenated alkanes) is 34. The maximum atomic E-state index is 13.6. The first-order valence-electron chi connectivity index (χ1n) is 33.3. The van der Waals surface area contributed by atoms with Crippen molar-refractivity contribution in [2.75, 3.05) is 40.9 Å². The SMILES string of the molecule is CC/C=C/C/C=C/C/C=C/CCCCCCCCC(=O)NC(COP(=O)(O)OCC[N+](C)(C)C)C(/C=C\CCCCCCCCCCCC)OC(=O)CCCCCCCCCCCCCCCCC/C=C\C/C=C\CCCCC.